The predicted octanol–water partition coefficient (Wildman–Crippen LogP) is 5.10. The third-order valence-electron chi connectivity index (χ3n) is 4.18. The van der Waals surface area contributed by atoms with Crippen molar-refractivity contribution in [3.63, 3.8) is 0 Å². The zero-order chi connectivity index (χ0) is 19.2. The second kappa shape index (κ2) is 10.8. The molecule has 0 unspecified atom stereocenters. The monoisotopic (exact) mass is 435 g/mol. The molecule has 0 aliphatic rings. The number of halogens is 1. The summed E-state index contributed by atoms with van der Waals surface area (Å²) >= 11 is 3.17. The van der Waals surface area contributed by atoms with Gasteiger partial charge in [-0.25, -0.2) is 4.98 Å². The Kier molecular flexibility index (Phi) is 8.76. The number of thiazole rings is 1. The summed E-state index contributed by atoms with van der Waals surface area (Å²) < 4.78 is 1.11. The number of nitrogens with zero attached hydrogens (tertiary/aromatic N) is 3. The SMILES string of the molecule is Cc1ccc(SCC(=O)N(CCCN(C)C)c2nc3ccccc3s2)cc1.Cl. The van der Waals surface area contributed by atoms with Crippen LogP contribution in [0.1, 0.15) is 12.0 Å². The number of benzene rings is 2. The van der Waals surface area contributed by atoms with Gasteiger partial charge in [0.15, 0.2) is 5.13 Å². The molecule has 1 aromatic heterocycles. The van der Waals surface area contributed by atoms with E-state index in [9.17, 15) is 4.79 Å². The maximum absolute atomic E-state index is 13.0. The lowest BCUT2D eigenvalue weighted by molar-refractivity contribution is -0.116. The van der Waals surface area contributed by atoms with E-state index in [-0.39, 0.29) is 18.3 Å². The molecular formula is C21H26ClN3OS2. The minimum atomic E-state index is 0. The van der Waals surface area contributed by atoms with E-state index < -0.39 is 0 Å². The first-order chi connectivity index (χ1) is 13.0. The van der Waals surface area contributed by atoms with Crippen molar-refractivity contribution < 1.29 is 4.79 Å². The summed E-state index contributed by atoms with van der Waals surface area (Å²) in [6.45, 7) is 3.70. The maximum atomic E-state index is 13.0. The summed E-state index contributed by atoms with van der Waals surface area (Å²) in [4.78, 5) is 22.8. The molecule has 0 radical (unpaired) electrons. The van der Waals surface area contributed by atoms with Gasteiger partial charge in [-0.15, -0.1) is 24.2 Å². The highest BCUT2D eigenvalue weighted by Gasteiger charge is 2.19. The number of aromatic nitrogens is 1. The molecule has 0 aliphatic heterocycles. The lowest BCUT2D eigenvalue weighted by Gasteiger charge is -2.21. The molecule has 28 heavy (non-hydrogen) atoms. The minimum absolute atomic E-state index is 0. The highest BCUT2D eigenvalue weighted by Crippen LogP contribution is 2.29. The van der Waals surface area contributed by atoms with E-state index in [4.69, 9.17) is 4.98 Å². The van der Waals surface area contributed by atoms with Gasteiger partial charge >= 0.3 is 0 Å². The van der Waals surface area contributed by atoms with E-state index in [0.29, 0.717) is 12.3 Å². The van der Waals surface area contributed by atoms with Crippen molar-refractivity contribution >= 4 is 56.8 Å². The number of anilines is 1. The van der Waals surface area contributed by atoms with Crippen LogP contribution in [0.3, 0.4) is 0 Å². The second-order valence-electron chi connectivity index (χ2n) is 6.77. The third kappa shape index (κ3) is 6.21. The van der Waals surface area contributed by atoms with Gasteiger partial charge in [-0.3, -0.25) is 9.69 Å². The number of fused-ring (bicyclic) bond motifs is 1. The van der Waals surface area contributed by atoms with Crippen molar-refractivity contribution in [1.29, 1.82) is 0 Å². The van der Waals surface area contributed by atoms with Gasteiger partial charge < -0.3 is 4.90 Å². The Morgan fingerprint density at radius 2 is 1.79 bits per heavy atom. The lowest BCUT2D eigenvalue weighted by atomic mass is 10.2. The molecule has 0 spiro atoms. The summed E-state index contributed by atoms with van der Waals surface area (Å²) in [6, 6.07) is 16.3. The molecule has 0 saturated heterocycles. The maximum Gasteiger partial charge on any atom is 0.239 e. The Hall–Kier alpha value is -1.60. The van der Waals surface area contributed by atoms with Crippen molar-refractivity contribution in [3.8, 4) is 0 Å². The van der Waals surface area contributed by atoms with Crippen LogP contribution in [0.2, 0.25) is 0 Å². The van der Waals surface area contributed by atoms with Crippen molar-refractivity contribution in [2.24, 2.45) is 0 Å². The highest BCUT2D eigenvalue weighted by atomic mass is 35.5. The Morgan fingerprint density at radius 3 is 2.46 bits per heavy atom. The third-order valence-corrected chi connectivity index (χ3v) is 6.24. The number of carbonyl (C=O) groups is 1. The first kappa shape index (κ1) is 22.7. The highest BCUT2D eigenvalue weighted by molar-refractivity contribution is 8.00. The van der Waals surface area contributed by atoms with Crippen LogP contribution >= 0.6 is 35.5 Å². The molecule has 0 fully saturated rings. The summed E-state index contributed by atoms with van der Waals surface area (Å²) in [5.41, 5.74) is 2.18. The van der Waals surface area contributed by atoms with Crippen molar-refractivity contribution in [1.82, 2.24) is 9.88 Å². The van der Waals surface area contributed by atoms with Crippen molar-refractivity contribution in [2.45, 2.75) is 18.2 Å². The Bertz CT molecular complexity index is 863. The number of aryl methyl sites for hydroxylation is 1. The van der Waals surface area contributed by atoms with Gasteiger partial charge in [0.2, 0.25) is 5.91 Å². The summed E-state index contributed by atoms with van der Waals surface area (Å²) in [5.74, 6) is 0.527. The molecule has 1 heterocycles. The number of amides is 1. The van der Waals surface area contributed by atoms with Gasteiger partial charge in [0.1, 0.15) is 0 Å². The number of para-hydroxylation sites is 1. The Balaban J connectivity index is 0.00000280. The Morgan fingerprint density at radius 1 is 1.07 bits per heavy atom. The second-order valence-corrected chi connectivity index (χ2v) is 8.83. The van der Waals surface area contributed by atoms with Crippen LogP contribution in [-0.2, 0) is 4.79 Å². The van der Waals surface area contributed by atoms with Crippen molar-refractivity contribution in [2.75, 3.05) is 37.8 Å². The molecule has 3 rings (SSSR count). The fourth-order valence-electron chi connectivity index (χ4n) is 2.71. The molecular weight excluding hydrogens is 410 g/mol. The van der Waals surface area contributed by atoms with E-state index in [0.717, 1.165) is 33.2 Å². The molecule has 0 atom stereocenters. The molecule has 0 aliphatic carbocycles. The molecule has 0 N–H and O–H groups in total. The van der Waals surface area contributed by atoms with Crippen LogP contribution in [-0.4, -0.2) is 48.7 Å². The minimum Gasteiger partial charge on any atom is -0.309 e. The van der Waals surface area contributed by atoms with E-state index in [1.165, 1.54) is 5.56 Å². The average molecular weight is 436 g/mol. The van der Waals surface area contributed by atoms with Gasteiger partial charge in [-0.05, 0) is 58.3 Å². The van der Waals surface area contributed by atoms with Gasteiger partial charge in [-0.2, -0.15) is 0 Å². The zero-order valence-electron chi connectivity index (χ0n) is 16.4. The van der Waals surface area contributed by atoms with Crippen LogP contribution in [0.25, 0.3) is 10.2 Å². The summed E-state index contributed by atoms with van der Waals surface area (Å²) in [7, 11) is 4.11. The number of hydrogen-bond acceptors (Lipinski definition) is 5. The van der Waals surface area contributed by atoms with Gasteiger partial charge in [0, 0.05) is 11.4 Å². The largest absolute Gasteiger partial charge is 0.309 e. The molecule has 1 amide bonds. The van der Waals surface area contributed by atoms with Crippen molar-refractivity contribution in [3.05, 3.63) is 54.1 Å². The summed E-state index contributed by atoms with van der Waals surface area (Å²) in [6.07, 6.45) is 0.920. The van der Waals surface area contributed by atoms with Crippen LogP contribution in [0.15, 0.2) is 53.4 Å². The number of thioether (sulfide) groups is 1. The Labute approximate surface area is 181 Å². The van der Waals surface area contributed by atoms with E-state index >= 15 is 0 Å². The first-order valence-corrected chi connectivity index (χ1v) is 10.8. The normalized spacial score (nSPS) is 10.9. The zero-order valence-corrected chi connectivity index (χ0v) is 18.9. The van der Waals surface area contributed by atoms with Crippen LogP contribution in [0.4, 0.5) is 5.13 Å². The number of rotatable bonds is 8. The van der Waals surface area contributed by atoms with E-state index in [1.54, 1.807) is 23.1 Å². The van der Waals surface area contributed by atoms with Gasteiger partial charge in [0.05, 0.1) is 16.0 Å². The van der Waals surface area contributed by atoms with E-state index in [1.807, 2.05) is 23.1 Å². The van der Waals surface area contributed by atoms with Gasteiger partial charge in [-0.1, -0.05) is 41.2 Å². The van der Waals surface area contributed by atoms with Crippen LogP contribution in [0, 0.1) is 6.92 Å². The number of hydrogen-bond donors (Lipinski definition) is 0. The van der Waals surface area contributed by atoms with Crippen LogP contribution in [0.5, 0.6) is 0 Å². The topological polar surface area (TPSA) is 36.4 Å². The molecule has 0 bridgehead atoms. The lowest BCUT2D eigenvalue weighted by Crippen LogP contribution is -2.34. The van der Waals surface area contributed by atoms with Crippen LogP contribution < -0.4 is 4.90 Å². The molecule has 4 nitrogen and oxygen atoms in total. The molecule has 7 heteroatoms. The quantitative estimate of drug-likeness (QED) is 0.461. The molecule has 0 saturated carbocycles. The molecule has 3 aromatic rings. The average Bonchev–Trinajstić information content (AvgIpc) is 3.08. The number of carbonyl (C=O) groups excluding carboxylic acids is 1. The summed E-state index contributed by atoms with van der Waals surface area (Å²) in [5, 5.41) is 0.796. The predicted molar refractivity (Wildman–Crippen MR) is 124 cm³/mol. The standard InChI is InChI=1S/C21H25N3OS2.ClH/c1-16-9-11-17(12-10-16)26-15-20(25)24(14-6-13-23(2)3)21-22-18-7-4-5-8-19(18)27-21;/h4-5,7-12H,6,13-15H2,1-3H3;1H. The smallest absolute Gasteiger partial charge is 0.239 e. The first-order valence-electron chi connectivity index (χ1n) is 9.03. The molecule has 2 aromatic carbocycles. The fraction of sp³-hybridized carbons (Fsp3) is 0.333. The van der Waals surface area contributed by atoms with Gasteiger partial charge in [0.25, 0.3) is 0 Å². The molecule has 150 valence electrons. The fourth-order valence-corrected chi connectivity index (χ4v) is 4.49. The van der Waals surface area contributed by atoms with E-state index in [2.05, 4.69) is 56.3 Å².